The number of aryl methyl sites for hydroxylation is 2. The van der Waals surface area contributed by atoms with Crippen molar-refractivity contribution in [2.75, 3.05) is 23.3 Å². The van der Waals surface area contributed by atoms with Gasteiger partial charge in [-0.05, 0) is 62.9 Å². The largest absolute Gasteiger partial charge is 0.370 e. The molecule has 0 radical (unpaired) electrons. The molecular formula is C24H30FN5O2. The van der Waals surface area contributed by atoms with Crippen LogP contribution >= 0.6 is 0 Å². The second-order valence-corrected chi connectivity index (χ2v) is 8.11. The topological polar surface area (TPSA) is 71.3 Å². The van der Waals surface area contributed by atoms with Crippen LogP contribution in [0.15, 0.2) is 41.2 Å². The maximum Gasteiger partial charge on any atom is 0.329 e. The van der Waals surface area contributed by atoms with Crippen LogP contribution in [0.25, 0.3) is 11.0 Å². The monoisotopic (exact) mass is 439 g/mol. The van der Waals surface area contributed by atoms with Gasteiger partial charge in [0.1, 0.15) is 5.82 Å². The first-order chi connectivity index (χ1) is 15.5. The third kappa shape index (κ3) is 4.35. The zero-order chi connectivity index (χ0) is 22.7. The van der Waals surface area contributed by atoms with Crippen LogP contribution in [0.4, 0.5) is 20.6 Å². The molecule has 2 aromatic carbocycles. The minimum Gasteiger partial charge on any atom is -0.370 e. The lowest BCUT2D eigenvalue weighted by Crippen LogP contribution is -2.32. The highest BCUT2D eigenvalue weighted by Crippen LogP contribution is 2.33. The van der Waals surface area contributed by atoms with Crippen molar-refractivity contribution >= 4 is 28.4 Å². The highest BCUT2D eigenvalue weighted by molar-refractivity contribution is 5.98. The number of aromatic nitrogens is 2. The number of hydrogen-bond donors (Lipinski definition) is 2. The molecular weight excluding hydrogens is 409 g/mol. The van der Waals surface area contributed by atoms with Crippen molar-refractivity contribution in [2.24, 2.45) is 0 Å². The van der Waals surface area contributed by atoms with Gasteiger partial charge in [0, 0.05) is 32.7 Å². The Kier molecular flexibility index (Phi) is 6.48. The molecule has 1 aliphatic heterocycles. The number of piperidine rings is 1. The molecule has 8 heteroatoms. The number of carbonyl (C=O) groups is 1. The van der Waals surface area contributed by atoms with Crippen molar-refractivity contribution in [3.8, 4) is 0 Å². The molecule has 170 valence electrons. The van der Waals surface area contributed by atoms with E-state index in [1.807, 2.05) is 26.0 Å². The Labute approximate surface area is 186 Å². The number of imidazole rings is 1. The smallest absolute Gasteiger partial charge is 0.329 e. The number of hydrogen-bond acceptors (Lipinski definition) is 3. The van der Waals surface area contributed by atoms with Gasteiger partial charge in [-0.2, -0.15) is 0 Å². The van der Waals surface area contributed by atoms with E-state index in [9.17, 15) is 14.0 Å². The highest BCUT2D eigenvalue weighted by atomic mass is 19.1. The van der Waals surface area contributed by atoms with Crippen LogP contribution in [0, 0.1) is 5.82 Å². The number of anilines is 2. The zero-order valence-electron chi connectivity index (χ0n) is 18.7. The first-order valence-electron chi connectivity index (χ1n) is 11.3. The lowest BCUT2D eigenvalue weighted by atomic mass is 10.1. The number of nitrogens with zero attached hydrogens (tertiary/aromatic N) is 3. The Morgan fingerprint density at radius 3 is 2.22 bits per heavy atom. The van der Waals surface area contributed by atoms with E-state index < -0.39 is 0 Å². The van der Waals surface area contributed by atoms with Crippen LogP contribution in [-0.4, -0.2) is 28.3 Å². The van der Waals surface area contributed by atoms with Gasteiger partial charge in [0.15, 0.2) is 0 Å². The number of amides is 2. The third-order valence-corrected chi connectivity index (χ3v) is 6.08. The van der Waals surface area contributed by atoms with Gasteiger partial charge in [-0.25, -0.2) is 14.0 Å². The van der Waals surface area contributed by atoms with Crippen molar-refractivity contribution in [2.45, 2.75) is 52.7 Å². The van der Waals surface area contributed by atoms with Gasteiger partial charge in [0.05, 0.1) is 22.4 Å². The maximum absolute atomic E-state index is 13.1. The highest BCUT2D eigenvalue weighted by Gasteiger charge is 2.20. The Morgan fingerprint density at radius 2 is 1.59 bits per heavy atom. The summed E-state index contributed by atoms with van der Waals surface area (Å²) in [5.41, 5.74) is 4.10. The third-order valence-electron chi connectivity index (χ3n) is 6.08. The fraction of sp³-hybridized carbons (Fsp3) is 0.417. The van der Waals surface area contributed by atoms with E-state index in [2.05, 4.69) is 15.5 Å². The molecule has 4 rings (SSSR count). The average molecular weight is 440 g/mol. The van der Waals surface area contributed by atoms with Crippen LogP contribution in [0.3, 0.4) is 0 Å². The summed E-state index contributed by atoms with van der Waals surface area (Å²) < 4.78 is 16.6. The summed E-state index contributed by atoms with van der Waals surface area (Å²) in [5, 5.41) is 5.83. The standard InChI is InChI=1S/C24H30FN5O2/c1-3-29-21-14-19(27-23(31)26-16-17-8-10-18(25)11-9-17)20(28-12-6-5-7-13-28)15-22(21)30(4-2)24(29)32/h8-11,14-15H,3-7,12-13,16H2,1-2H3,(H2,26,27,31). The summed E-state index contributed by atoms with van der Waals surface area (Å²) in [4.78, 5) is 27.8. The van der Waals surface area contributed by atoms with Crippen molar-refractivity contribution in [1.29, 1.82) is 0 Å². The summed E-state index contributed by atoms with van der Waals surface area (Å²) >= 11 is 0. The molecule has 7 nitrogen and oxygen atoms in total. The van der Waals surface area contributed by atoms with Crippen LogP contribution < -0.4 is 21.2 Å². The van der Waals surface area contributed by atoms with Gasteiger partial charge in [-0.3, -0.25) is 9.13 Å². The van der Waals surface area contributed by atoms with Crippen LogP contribution in [0.5, 0.6) is 0 Å². The quantitative estimate of drug-likeness (QED) is 0.602. The second kappa shape index (κ2) is 9.46. The number of halogens is 1. The second-order valence-electron chi connectivity index (χ2n) is 8.11. The molecule has 0 spiro atoms. The predicted molar refractivity (Wildman–Crippen MR) is 126 cm³/mol. The van der Waals surface area contributed by atoms with Gasteiger partial charge < -0.3 is 15.5 Å². The molecule has 0 unspecified atom stereocenters. The Morgan fingerprint density at radius 1 is 0.969 bits per heavy atom. The fourth-order valence-corrected chi connectivity index (χ4v) is 4.41. The molecule has 2 N–H and O–H groups in total. The number of nitrogens with one attached hydrogen (secondary N) is 2. The molecule has 1 saturated heterocycles. The van der Waals surface area contributed by atoms with Crippen molar-refractivity contribution < 1.29 is 9.18 Å². The van der Waals surface area contributed by atoms with E-state index >= 15 is 0 Å². The summed E-state index contributed by atoms with van der Waals surface area (Å²) in [7, 11) is 0. The van der Waals surface area contributed by atoms with Crippen molar-refractivity contribution in [3.05, 3.63) is 58.3 Å². The molecule has 2 amide bonds. The Bertz CT molecular complexity index is 1160. The lowest BCUT2D eigenvalue weighted by Gasteiger charge is -2.30. The first kappa shape index (κ1) is 21.9. The average Bonchev–Trinajstić information content (AvgIpc) is 3.08. The van der Waals surface area contributed by atoms with E-state index in [1.54, 1.807) is 21.3 Å². The Balaban J connectivity index is 1.66. The van der Waals surface area contributed by atoms with E-state index in [0.29, 0.717) is 25.3 Å². The van der Waals surface area contributed by atoms with Gasteiger partial charge in [-0.15, -0.1) is 0 Å². The van der Waals surface area contributed by atoms with Crippen LogP contribution in [0.1, 0.15) is 38.7 Å². The van der Waals surface area contributed by atoms with Gasteiger partial charge in [0.25, 0.3) is 0 Å². The summed E-state index contributed by atoms with van der Waals surface area (Å²) in [6, 6.07) is 9.65. The molecule has 1 aliphatic rings. The minimum absolute atomic E-state index is 0.0347. The van der Waals surface area contributed by atoms with Crippen molar-refractivity contribution in [1.82, 2.24) is 14.5 Å². The summed E-state index contributed by atoms with van der Waals surface area (Å²) in [5.74, 6) is -0.307. The van der Waals surface area contributed by atoms with Crippen LogP contribution in [-0.2, 0) is 19.6 Å². The van der Waals surface area contributed by atoms with Crippen LogP contribution in [0.2, 0.25) is 0 Å². The molecule has 0 bridgehead atoms. The molecule has 0 saturated carbocycles. The van der Waals surface area contributed by atoms with E-state index in [1.165, 1.54) is 18.6 Å². The Hall–Kier alpha value is -3.29. The number of fused-ring (bicyclic) bond motifs is 1. The molecule has 32 heavy (non-hydrogen) atoms. The number of carbonyl (C=O) groups excluding carboxylic acids is 1. The summed E-state index contributed by atoms with van der Waals surface area (Å²) in [6.45, 7) is 7.19. The van der Waals surface area contributed by atoms with E-state index in [4.69, 9.17) is 0 Å². The fourth-order valence-electron chi connectivity index (χ4n) is 4.41. The molecule has 0 atom stereocenters. The number of urea groups is 1. The number of benzene rings is 2. The number of rotatable bonds is 6. The molecule has 1 aromatic heterocycles. The normalized spacial score (nSPS) is 14.0. The maximum atomic E-state index is 13.1. The van der Waals surface area contributed by atoms with Gasteiger partial charge in [0.2, 0.25) is 0 Å². The van der Waals surface area contributed by atoms with Gasteiger partial charge in [-0.1, -0.05) is 12.1 Å². The molecule has 3 aromatic rings. The first-order valence-corrected chi connectivity index (χ1v) is 11.3. The van der Waals surface area contributed by atoms with E-state index in [-0.39, 0.29) is 17.5 Å². The molecule has 1 fully saturated rings. The van der Waals surface area contributed by atoms with E-state index in [0.717, 1.165) is 48.2 Å². The van der Waals surface area contributed by atoms with Gasteiger partial charge >= 0.3 is 11.7 Å². The zero-order valence-corrected chi connectivity index (χ0v) is 18.7. The minimum atomic E-state index is -0.341. The predicted octanol–water partition coefficient (Wildman–Crippen LogP) is 4.29. The molecule has 2 heterocycles. The molecule has 0 aliphatic carbocycles. The lowest BCUT2D eigenvalue weighted by molar-refractivity contribution is 0.251. The SMILES string of the molecule is CCn1c(=O)n(CC)c2cc(N3CCCCC3)c(NC(=O)NCc3ccc(F)cc3)cc21. The summed E-state index contributed by atoms with van der Waals surface area (Å²) in [6.07, 6.45) is 3.40. The van der Waals surface area contributed by atoms with Crippen molar-refractivity contribution in [3.63, 3.8) is 0 Å².